The van der Waals surface area contributed by atoms with E-state index >= 15 is 0 Å². The molecule has 0 fully saturated rings. The van der Waals surface area contributed by atoms with Crippen molar-refractivity contribution >= 4 is 27.0 Å². The van der Waals surface area contributed by atoms with Crippen molar-refractivity contribution in [1.29, 1.82) is 0 Å². The predicted molar refractivity (Wildman–Crippen MR) is 122 cm³/mol. The molecular weight excluding hydrogens is 440 g/mol. The summed E-state index contributed by atoms with van der Waals surface area (Å²) in [5.74, 6) is 0.576. The first-order valence-electron chi connectivity index (χ1n) is 9.51. The van der Waals surface area contributed by atoms with Gasteiger partial charge in [0.1, 0.15) is 11.2 Å². The molecule has 0 aliphatic carbocycles. The Hall–Kier alpha value is -3.51. The minimum Gasteiger partial charge on any atom is -0.268 e. The number of aryl methyl sites for hydroxylation is 1. The van der Waals surface area contributed by atoms with E-state index in [1.54, 1.807) is 15.4 Å². The molecular formula is C24H17BrN4O. The largest absolute Gasteiger partial charge is 0.269 e. The fraction of sp³-hybridized carbons (Fsp3) is 0.0417. The van der Waals surface area contributed by atoms with Gasteiger partial charge in [-0.25, -0.2) is 9.67 Å². The normalized spacial score (nSPS) is 11.1. The fourth-order valence-corrected chi connectivity index (χ4v) is 3.82. The van der Waals surface area contributed by atoms with Gasteiger partial charge in [0.05, 0.1) is 17.6 Å². The lowest BCUT2D eigenvalue weighted by Gasteiger charge is -2.15. The van der Waals surface area contributed by atoms with Gasteiger partial charge in [-0.2, -0.15) is 5.10 Å². The van der Waals surface area contributed by atoms with Crippen molar-refractivity contribution in [1.82, 2.24) is 19.3 Å². The van der Waals surface area contributed by atoms with Gasteiger partial charge in [-0.1, -0.05) is 64.5 Å². The van der Waals surface area contributed by atoms with Gasteiger partial charge in [0.25, 0.3) is 5.56 Å². The SMILES string of the molecule is Cc1ccccc1-n1c(-c2ccc(Br)cc2)nc2c(cnn2-c2ccccc2)c1=O. The van der Waals surface area contributed by atoms with E-state index in [0.29, 0.717) is 16.9 Å². The Balaban J connectivity index is 1.88. The van der Waals surface area contributed by atoms with Gasteiger partial charge in [-0.05, 0) is 42.8 Å². The Morgan fingerprint density at radius 1 is 0.867 bits per heavy atom. The Kier molecular flexibility index (Phi) is 4.56. The molecule has 3 aromatic carbocycles. The number of hydrogen-bond acceptors (Lipinski definition) is 3. The molecule has 0 radical (unpaired) electrons. The summed E-state index contributed by atoms with van der Waals surface area (Å²) in [6.07, 6.45) is 1.60. The second-order valence-corrected chi connectivity index (χ2v) is 7.91. The topological polar surface area (TPSA) is 52.7 Å². The molecule has 0 bridgehead atoms. The molecule has 5 rings (SSSR count). The van der Waals surface area contributed by atoms with Crippen molar-refractivity contribution < 1.29 is 0 Å². The second kappa shape index (κ2) is 7.39. The summed E-state index contributed by atoms with van der Waals surface area (Å²) in [6.45, 7) is 1.99. The van der Waals surface area contributed by atoms with Crippen LogP contribution in [-0.2, 0) is 0 Å². The number of rotatable bonds is 3. The lowest BCUT2D eigenvalue weighted by atomic mass is 10.1. The van der Waals surface area contributed by atoms with E-state index < -0.39 is 0 Å². The van der Waals surface area contributed by atoms with Gasteiger partial charge in [-0.15, -0.1) is 0 Å². The molecule has 0 spiro atoms. The van der Waals surface area contributed by atoms with Crippen LogP contribution in [-0.4, -0.2) is 19.3 Å². The van der Waals surface area contributed by atoms with Gasteiger partial charge >= 0.3 is 0 Å². The number of nitrogens with zero attached hydrogens (tertiary/aromatic N) is 4. The van der Waals surface area contributed by atoms with Gasteiger partial charge in [0, 0.05) is 10.0 Å². The van der Waals surface area contributed by atoms with Crippen LogP contribution in [0.3, 0.4) is 0 Å². The molecule has 146 valence electrons. The van der Waals surface area contributed by atoms with Crippen molar-refractivity contribution in [2.45, 2.75) is 6.92 Å². The zero-order valence-corrected chi connectivity index (χ0v) is 17.7. The Morgan fingerprint density at radius 2 is 1.57 bits per heavy atom. The van der Waals surface area contributed by atoms with E-state index in [4.69, 9.17) is 4.98 Å². The lowest BCUT2D eigenvalue weighted by molar-refractivity contribution is 0.887. The highest BCUT2D eigenvalue weighted by Crippen LogP contribution is 2.26. The van der Waals surface area contributed by atoms with Crippen LogP contribution in [0.5, 0.6) is 0 Å². The monoisotopic (exact) mass is 456 g/mol. The van der Waals surface area contributed by atoms with Gasteiger partial charge in [0.2, 0.25) is 0 Å². The van der Waals surface area contributed by atoms with Crippen LogP contribution in [0.2, 0.25) is 0 Å². The fourth-order valence-electron chi connectivity index (χ4n) is 3.56. The van der Waals surface area contributed by atoms with E-state index in [1.165, 1.54) is 0 Å². The smallest absolute Gasteiger partial charge is 0.268 e. The van der Waals surface area contributed by atoms with E-state index in [1.807, 2.05) is 85.8 Å². The summed E-state index contributed by atoms with van der Waals surface area (Å²) in [6, 6.07) is 25.3. The number of fused-ring (bicyclic) bond motifs is 1. The molecule has 6 heteroatoms. The maximum absolute atomic E-state index is 13.6. The third kappa shape index (κ3) is 3.06. The van der Waals surface area contributed by atoms with Crippen LogP contribution < -0.4 is 5.56 Å². The van der Waals surface area contributed by atoms with Crippen LogP contribution in [0.1, 0.15) is 5.56 Å². The maximum Gasteiger partial charge on any atom is 0.269 e. The third-order valence-electron chi connectivity index (χ3n) is 5.06. The van der Waals surface area contributed by atoms with Crippen molar-refractivity contribution in [3.05, 3.63) is 105 Å². The molecule has 0 N–H and O–H groups in total. The number of hydrogen-bond donors (Lipinski definition) is 0. The van der Waals surface area contributed by atoms with Crippen LogP contribution in [0.25, 0.3) is 33.8 Å². The molecule has 5 aromatic rings. The Labute approximate surface area is 181 Å². The molecule has 0 aliphatic rings. The highest BCUT2D eigenvalue weighted by molar-refractivity contribution is 9.10. The van der Waals surface area contributed by atoms with Gasteiger partial charge < -0.3 is 0 Å². The van der Waals surface area contributed by atoms with Crippen LogP contribution >= 0.6 is 15.9 Å². The van der Waals surface area contributed by atoms with E-state index in [9.17, 15) is 4.79 Å². The van der Waals surface area contributed by atoms with E-state index in [-0.39, 0.29) is 5.56 Å². The molecule has 0 aliphatic heterocycles. The van der Waals surface area contributed by atoms with Crippen LogP contribution in [0.15, 0.2) is 94.3 Å². The van der Waals surface area contributed by atoms with Crippen LogP contribution in [0, 0.1) is 6.92 Å². The van der Waals surface area contributed by atoms with Crippen molar-refractivity contribution in [3.8, 4) is 22.8 Å². The Morgan fingerprint density at radius 3 is 2.30 bits per heavy atom. The molecule has 2 aromatic heterocycles. The highest BCUT2D eigenvalue weighted by atomic mass is 79.9. The van der Waals surface area contributed by atoms with E-state index in [0.717, 1.165) is 27.0 Å². The highest BCUT2D eigenvalue weighted by Gasteiger charge is 2.19. The quantitative estimate of drug-likeness (QED) is 0.369. The van der Waals surface area contributed by atoms with Crippen LogP contribution in [0.4, 0.5) is 0 Å². The molecule has 2 heterocycles. The number of halogens is 1. The predicted octanol–water partition coefficient (Wildman–Crippen LogP) is 5.31. The van der Waals surface area contributed by atoms with Crippen molar-refractivity contribution in [2.75, 3.05) is 0 Å². The summed E-state index contributed by atoms with van der Waals surface area (Å²) in [7, 11) is 0. The summed E-state index contributed by atoms with van der Waals surface area (Å²) in [5.41, 5.74) is 3.90. The van der Waals surface area contributed by atoms with Crippen molar-refractivity contribution in [3.63, 3.8) is 0 Å². The zero-order valence-electron chi connectivity index (χ0n) is 16.2. The minimum absolute atomic E-state index is 0.144. The molecule has 0 saturated carbocycles. The molecule has 0 unspecified atom stereocenters. The average Bonchev–Trinajstić information content (AvgIpc) is 3.20. The standard InChI is InChI=1S/C24H17BrN4O/c1-16-7-5-6-10-21(16)28-22(17-11-13-18(25)14-12-17)27-23-20(24(28)30)15-26-29(23)19-8-3-2-4-9-19/h2-15H,1H3. The first-order valence-corrected chi connectivity index (χ1v) is 10.3. The van der Waals surface area contributed by atoms with Gasteiger partial charge in [0.15, 0.2) is 5.65 Å². The summed E-state index contributed by atoms with van der Waals surface area (Å²) in [4.78, 5) is 18.6. The number of aromatic nitrogens is 4. The van der Waals surface area contributed by atoms with Gasteiger partial charge in [-0.3, -0.25) is 9.36 Å². The van der Waals surface area contributed by atoms with E-state index in [2.05, 4.69) is 21.0 Å². The lowest BCUT2D eigenvalue weighted by Crippen LogP contribution is -2.22. The Bertz CT molecular complexity index is 1420. The summed E-state index contributed by atoms with van der Waals surface area (Å²) in [5, 5.41) is 4.94. The molecule has 0 saturated heterocycles. The molecule has 5 nitrogen and oxygen atoms in total. The minimum atomic E-state index is -0.144. The maximum atomic E-state index is 13.6. The summed E-state index contributed by atoms with van der Waals surface area (Å²) < 4.78 is 4.35. The summed E-state index contributed by atoms with van der Waals surface area (Å²) >= 11 is 3.48. The average molecular weight is 457 g/mol. The second-order valence-electron chi connectivity index (χ2n) is 7.00. The first kappa shape index (κ1) is 18.5. The van der Waals surface area contributed by atoms with Crippen molar-refractivity contribution in [2.24, 2.45) is 0 Å². The molecule has 30 heavy (non-hydrogen) atoms. The zero-order chi connectivity index (χ0) is 20.7. The first-order chi connectivity index (χ1) is 14.6. The number of benzene rings is 3. The molecule has 0 atom stereocenters. The molecule has 0 amide bonds. The third-order valence-corrected chi connectivity index (χ3v) is 5.59. The number of para-hydroxylation sites is 2.